The number of aromatic nitrogens is 4. The van der Waals surface area contributed by atoms with Crippen LogP contribution in [0.4, 0.5) is 0 Å². The number of nitrogens with two attached hydrogens (primary N) is 1. The third-order valence-electron chi connectivity index (χ3n) is 11.0. The number of benzene rings is 2. The molecule has 10 nitrogen and oxygen atoms in total. The first-order chi connectivity index (χ1) is 23.9. The second kappa shape index (κ2) is 11.8. The Balaban J connectivity index is 1.09. The van der Waals surface area contributed by atoms with Crippen LogP contribution in [0.2, 0.25) is 0 Å². The van der Waals surface area contributed by atoms with Gasteiger partial charge >= 0.3 is 0 Å². The molecule has 2 unspecified atom stereocenters. The molecule has 248 valence electrons. The zero-order valence-corrected chi connectivity index (χ0v) is 27.6. The number of likely N-dealkylation sites (tertiary alicyclic amines) is 2. The predicted molar refractivity (Wildman–Crippen MR) is 187 cm³/mol. The molecule has 5 aromatic rings. The maximum atomic E-state index is 14.0. The molecular formula is C39H39N7O3. The van der Waals surface area contributed by atoms with Gasteiger partial charge in [-0.1, -0.05) is 24.1 Å². The molecule has 2 amide bonds. The van der Waals surface area contributed by atoms with E-state index in [1.165, 1.54) is 12.8 Å². The third kappa shape index (κ3) is 5.24. The van der Waals surface area contributed by atoms with Crippen LogP contribution in [0, 0.1) is 29.6 Å². The fourth-order valence-electron chi connectivity index (χ4n) is 8.18. The first-order valence-corrected chi connectivity index (χ1v) is 17.4. The molecule has 0 spiro atoms. The average molecular weight is 654 g/mol. The van der Waals surface area contributed by atoms with Crippen LogP contribution in [0.5, 0.6) is 5.75 Å². The van der Waals surface area contributed by atoms with Gasteiger partial charge < -0.3 is 29.4 Å². The van der Waals surface area contributed by atoms with Gasteiger partial charge in [-0.15, -0.1) is 0 Å². The Labute approximate surface area is 284 Å². The maximum absolute atomic E-state index is 14.0. The highest BCUT2D eigenvalue weighted by molar-refractivity contribution is 6.00. The van der Waals surface area contributed by atoms with Crippen LogP contribution in [0.15, 0.2) is 66.9 Å². The number of methoxy groups -OCH3 is 1. The summed E-state index contributed by atoms with van der Waals surface area (Å²) in [6.07, 6.45) is 6.30. The van der Waals surface area contributed by atoms with Gasteiger partial charge in [0.05, 0.1) is 18.3 Å². The van der Waals surface area contributed by atoms with Gasteiger partial charge in [-0.25, -0.2) is 9.97 Å². The van der Waals surface area contributed by atoms with Crippen molar-refractivity contribution in [3.63, 3.8) is 0 Å². The third-order valence-corrected chi connectivity index (χ3v) is 11.0. The Morgan fingerprint density at radius 2 is 1.76 bits per heavy atom. The standard InChI is InChI=1S/C39H39N7O3/c1-49-33-18-29(39(48)45-23-28-12-13-31(45)35(28)40)16-30-36(33)46(22-26-19-43(20-26)34(47)14-11-24-6-3-2-4-7-24)38(42-30)32-17-27-8-5-15-41-37(27)44(32)21-25-9-10-25/h2-8,15-18,25-26,28,31,35H,9-10,12-13,19-23,40H2,1H3/t28?,31?,35-/m1/s1. The van der Waals surface area contributed by atoms with Crippen LogP contribution in [0.1, 0.15) is 41.6 Å². The summed E-state index contributed by atoms with van der Waals surface area (Å²) in [7, 11) is 1.65. The molecule has 9 rings (SSSR count). The lowest BCUT2D eigenvalue weighted by Crippen LogP contribution is -2.51. The van der Waals surface area contributed by atoms with Crippen LogP contribution in [-0.4, -0.2) is 79.5 Å². The van der Waals surface area contributed by atoms with E-state index in [4.69, 9.17) is 20.4 Å². The molecule has 10 heteroatoms. The Hall–Kier alpha value is -5.14. The van der Waals surface area contributed by atoms with Gasteiger partial charge in [0.25, 0.3) is 11.8 Å². The van der Waals surface area contributed by atoms with Crippen LogP contribution in [0.25, 0.3) is 33.6 Å². The predicted octanol–water partition coefficient (Wildman–Crippen LogP) is 4.54. The van der Waals surface area contributed by atoms with Crippen molar-refractivity contribution < 1.29 is 14.3 Å². The number of hydrogen-bond acceptors (Lipinski definition) is 6. The molecule has 4 fully saturated rings. The number of fused-ring (bicyclic) bond motifs is 4. The molecule has 2 N–H and O–H groups in total. The largest absolute Gasteiger partial charge is 0.494 e. The van der Waals surface area contributed by atoms with E-state index < -0.39 is 0 Å². The summed E-state index contributed by atoms with van der Waals surface area (Å²) in [5, 5.41) is 1.07. The summed E-state index contributed by atoms with van der Waals surface area (Å²) in [6.45, 7) is 3.42. The van der Waals surface area contributed by atoms with E-state index in [1.54, 1.807) is 12.0 Å². The number of hydrogen-bond donors (Lipinski definition) is 1. The van der Waals surface area contributed by atoms with E-state index in [-0.39, 0.29) is 29.8 Å². The average Bonchev–Trinajstić information content (AvgIpc) is 3.46. The van der Waals surface area contributed by atoms with Gasteiger partial charge in [0.1, 0.15) is 16.9 Å². The molecule has 2 aliphatic carbocycles. The number of ether oxygens (including phenoxy) is 1. The molecule has 3 atom stereocenters. The SMILES string of the molecule is COc1cc(C(=O)N2CC3CCC2[C@@H]3N)cc2nc(-c3cc4cccnc4n3CC3CC3)n(CC3CN(C(=O)C#Cc4ccccc4)C3)c12. The first kappa shape index (κ1) is 30.0. The molecule has 49 heavy (non-hydrogen) atoms. The van der Waals surface area contributed by atoms with Crippen molar-refractivity contribution in [2.75, 3.05) is 26.7 Å². The minimum Gasteiger partial charge on any atom is -0.494 e. The fourth-order valence-corrected chi connectivity index (χ4v) is 8.18. The van der Waals surface area contributed by atoms with E-state index >= 15 is 0 Å². The molecule has 5 heterocycles. The number of pyridine rings is 1. The molecule has 2 saturated heterocycles. The van der Waals surface area contributed by atoms with Crippen molar-refractivity contribution in [3.8, 4) is 29.1 Å². The summed E-state index contributed by atoms with van der Waals surface area (Å²) in [4.78, 5) is 40.7. The van der Waals surface area contributed by atoms with E-state index in [1.807, 2.05) is 59.6 Å². The molecule has 2 aromatic carbocycles. The smallest absolute Gasteiger partial charge is 0.298 e. The van der Waals surface area contributed by atoms with Crippen molar-refractivity contribution in [1.29, 1.82) is 0 Å². The molecule has 2 bridgehead atoms. The summed E-state index contributed by atoms with van der Waals surface area (Å²) < 4.78 is 10.6. The normalized spacial score (nSPS) is 21.6. The van der Waals surface area contributed by atoms with E-state index in [0.29, 0.717) is 54.8 Å². The lowest BCUT2D eigenvalue weighted by atomic mass is 9.99. The quantitative estimate of drug-likeness (QED) is 0.258. The van der Waals surface area contributed by atoms with Crippen molar-refractivity contribution in [1.82, 2.24) is 28.9 Å². The number of carbonyl (C=O) groups excluding carboxylic acids is 2. The zero-order chi connectivity index (χ0) is 33.2. The van der Waals surface area contributed by atoms with Gasteiger partial charge in [0.15, 0.2) is 5.82 Å². The summed E-state index contributed by atoms with van der Waals surface area (Å²) >= 11 is 0. The number of nitrogens with zero attached hydrogens (tertiary/aromatic N) is 6. The molecule has 2 saturated carbocycles. The molecule has 3 aromatic heterocycles. The summed E-state index contributed by atoms with van der Waals surface area (Å²) in [6, 6.07) is 19.7. The number of amides is 2. The van der Waals surface area contributed by atoms with Crippen molar-refractivity contribution in [2.24, 2.45) is 23.5 Å². The summed E-state index contributed by atoms with van der Waals surface area (Å²) in [5.41, 5.74) is 11.4. The highest BCUT2D eigenvalue weighted by Gasteiger charge is 2.47. The highest BCUT2D eigenvalue weighted by Crippen LogP contribution is 2.41. The Morgan fingerprint density at radius 3 is 2.49 bits per heavy atom. The van der Waals surface area contributed by atoms with Crippen LogP contribution in [0.3, 0.4) is 0 Å². The number of carbonyl (C=O) groups is 2. The fraction of sp³-hybridized carbons (Fsp3) is 0.385. The van der Waals surface area contributed by atoms with E-state index in [0.717, 1.165) is 53.0 Å². The van der Waals surface area contributed by atoms with E-state index in [2.05, 4.69) is 33.1 Å². The highest BCUT2D eigenvalue weighted by atomic mass is 16.5. The number of piperidine rings is 1. The topological polar surface area (TPSA) is 112 Å². The van der Waals surface area contributed by atoms with Crippen LogP contribution >= 0.6 is 0 Å². The molecule has 2 aliphatic heterocycles. The molecule has 0 radical (unpaired) electrons. The van der Waals surface area contributed by atoms with Gasteiger partial charge in [0, 0.05) is 79.4 Å². The van der Waals surface area contributed by atoms with Crippen molar-refractivity contribution in [2.45, 2.75) is 50.9 Å². The number of rotatable bonds is 7. The minimum atomic E-state index is -0.164. The Kier molecular flexibility index (Phi) is 7.20. The monoisotopic (exact) mass is 653 g/mol. The number of imidazole rings is 1. The van der Waals surface area contributed by atoms with Gasteiger partial charge in [-0.05, 0) is 80.0 Å². The van der Waals surface area contributed by atoms with Crippen LogP contribution in [-0.2, 0) is 17.9 Å². The van der Waals surface area contributed by atoms with Gasteiger partial charge in [-0.3, -0.25) is 9.59 Å². The molecule has 4 aliphatic rings. The van der Waals surface area contributed by atoms with Gasteiger partial charge in [-0.2, -0.15) is 0 Å². The lowest BCUT2D eigenvalue weighted by Gasteiger charge is -2.38. The lowest BCUT2D eigenvalue weighted by molar-refractivity contribution is -0.131. The zero-order valence-electron chi connectivity index (χ0n) is 27.6. The minimum absolute atomic E-state index is 0.0178. The summed E-state index contributed by atoms with van der Waals surface area (Å²) in [5.74, 6) is 8.23. The molecular weight excluding hydrogens is 614 g/mol. The maximum Gasteiger partial charge on any atom is 0.298 e. The van der Waals surface area contributed by atoms with Crippen molar-refractivity contribution >= 4 is 33.9 Å². The Morgan fingerprint density at radius 1 is 0.939 bits per heavy atom. The van der Waals surface area contributed by atoms with Crippen LogP contribution < -0.4 is 10.5 Å². The first-order valence-electron chi connectivity index (χ1n) is 17.4. The van der Waals surface area contributed by atoms with Crippen molar-refractivity contribution in [3.05, 3.63) is 78.0 Å². The Bertz CT molecular complexity index is 2170. The van der Waals surface area contributed by atoms with E-state index in [9.17, 15) is 9.59 Å². The second-order valence-corrected chi connectivity index (χ2v) is 14.2. The second-order valence-electron chi connectivity index (χ2n) is 14.2. The van der Waals surface area contributed by atoms with Gasteiger partial charge in [0.2, 0.25) is 0 Å².